The second kappa shape index (κ2) is 6.76. The van der Waals surface area contributed by atoms with Crippen LogP contribution in [-0.4, -0.2) is 27.0 Å². The molecule has 20 heavy (non-hydrogen) atoms. The Morgan fingerprint density at radius 2 is 2.25 bits per heavy atom. The van der Waals surface area contributed by atoms with Crippen LogP contribution in [0.2, 0.25) is 0 Å². The van der Waals surface area contributed by atoms with Crippen LogP contribution in [0.15, 0.2) is 6.07 Å². The quantitative estimate of drug-likeness (QED) is 0.816. The van der Waals surface area contributed by atoms with Gasteiger partial charge in [0.2, 0.25) is 0 Å². The lowest BCUT2D eigenvalue weighted by Gasteiger charge is -2.23. The first-order valence-electron chi connectivity index (χ1n) is 7.19. The highest BCUT2D eigenvalue weighted by molar-refractivity contribution is 7.99. The van der Waals surface area contributed by atoms with E-state index in [-0.39, 0.29) is 0 Å². The van der Waals surface area contributed by atoms with Gasteiger partial charge in [0, 0.05) is 17.0 Å². The Kier molecular flexibility index (Phi) is 5.27. The first-order chi connectivity index (χ1) is 9.52. The second-order valence-electron chi connectivity index (χ2n) is 5.34. The molecule has 1 aromatic rings. The van der Waals surface area contributed by atoms with E-state index >= 15 is 0 Å². The molecule has 0 saturated heterocycles. The molecule has 2 unspecified atom stereocenters. The summed E-state index contributed by atoms with van der Waals surface area (Å²) in [5.41, 5.74) is 8.88. The van der Waals surface area contributed by atoms with E-state index in [1.54, 1.807) is 0 Å². The zero-order chi connectivity index (χ0) is 14.7. The first kappa shape index (κ1) is 15.6. The molecule has 3 nitrogen and oxygen atoms in total. The fourth-order valence-corrected chi connectivity index (χ4v) is 4.39. The van der Waals surface area contributed by atoms with Crippen LogP contribution < -0.4 is 11.1 Å². The van der Waals surface area contributed by atoms with E-state index in [9.17, 15) is 0 Å². The van der Waals surface area contributed by atoms with E-state index < -0.39 is 0 Å². The average molecular weight is 310 g/mol. The predicted molar refractivity (Wildman–Crippen MR) is 92.8 cm³/mol. The van der Waals surface area contributed by atoms with Crippen molar-refractivity contribution in [1.29, 1.82) is 0 Å². The van der Waals surface area contributed by atoms with Gasteiger partial charge in [-0.05, 0) is 44.1 Å². The Hall–Kier alpha value is -0.810. The summed E-state index contributed by atoms with van der Waals surface area (Å²) in [6.45, 7) is 6.27. The Labute approximate surface area is 131 Å². The lowest BCUT2D eigenvalue weighted by atomic mass is 10.1. The smallest absolute Gasteiger partial charge is 0.137 e. The molecular formula is C15H23N3S2. The fourth-order valence-electron chi connectivity index (χ4n) is 2.93. The minimum Gasteiger partial charge on any atom is -0.389 e. The van der Waals surface area contributed by atoms with Crippen molar-refractivity contribution in [2.24, 2.45) is 5.73 Å². The zero-order valence-corrected chi connectivity index (χ0v) is 14.0. The van der Waals surface area contributed by atoms with Gasteiger partial charge in [0.05, 0.1) is 5.56 Å². The number of rotatable bonds is 5. The van der Waals surface area contributed by atoms with Crippen molar-refractivity contribution in [3.05, 3.63) is 22.9 Å². The van der Waals surface area contributed by atoms with Crippen molar-refractivity contribution >= 4 is 34.8 Å². The minimum absolute atomic E-state index is 0.426. The van der Waals surface area contributed by atoms with Gasteiger partial charge in [-0.1, -0.05) is 25.6 Å². The van der Waals surface area contributed by atoms with Gasteiger partial charge in [0.15, 0.2) is 0 Å². The molecule has 5 heteroatoms. The topological polar surface area (TPSA) is 50.9 Å². The number of thiocarbonyl (C=S) groups is 1. The highest BCUT2D eigenvalue weighted by Gasteiger charge is 2.28. The number of aryl methyl sites for hydroxylation is 2. The van der Waals surface area contributed by atoms with Crippen LogP contribution >= 0.6 is 24.0 Å². The summed E-state index contributed by atoms with van der Waals surface area (Å²) in [7, 11) is 0. The molecular weight excluding hydrogens is 286 g/mol. The van der Waals surface area contributed by atoms with Crippen molar-refractivity contribution in [1.82, 2.24) is 4.98 Å². The van der Waals surface area contributed by atoms with Gasteiger partial charge in [-0.15, -0.1) is 0 Å². The van der Waals surface area contributed by atoms with Crippen LogP contribution in [0.25, 0.3) is 0 Å². The van der Waals surface area contributed by atoms with Gasteiger partial charge >= 0.3 is 0 Å². The Balaban J connectivity index is 2.26. The summed E-state index contributed by atoms with van der Waals surface area (Å²) in [5.74, 6) is 2.02. The highest BCUT2D eigenvalue weighted by Crippen LogP contribution is 2.32. The molecule has 1 aliphatic rings. The van der Waals surface area contributed by atoms with E-state index in [0.717, 1.165) is 28.4 Å². The maximum atomic E-state index is 5.88. The number of hydrogen-bond donors (Lipinski definition) is 2. The van der Waals surface area contributed by atoms with Gasteiger partial charge in [0.25, 0.3) is 0 Å². The van der Waals surface area contributed by atoms with Crippen LogP contribution in [-0.2, 0) is 0 Å². The van der Waals surface area contributed by atoms with E-state index in [1.165, 1.54) is 19.3 Å². The number of nitrogens with one attached hydrogen (secondary N) is 1. The van der Waals surface area contributed by atoms with E-state index in [4.69, 9.17) is 18.0 Å². The summed E-state index contributed by atoms with van der Waals surface area (Å²) in [6.07, 6.45) is 3.76. The van der Waals surface area contributed by atoms with Crippen molar-refractivity contribution in [3.8, 4) is 0 Å². The van der Waals surface area contributed by atoms with Crippen LogP contribution in [0.5, 0.6) is 0 Å². The molecule has 0 spiro atoms. The zero-order valence-electron chi connectivity index (χ0n) is 12.4. The molecule has 0 amide bonds. The summed E-state index contributed by atoms with van der Waals surface area (Å²) in [5, 5.41) is 4.28. The van der Waals surface area contributed by atoms with E-state index in [1.807, 2.05) is 31.7 Å². The number of nitrogens with two attached hydrogens (primary N) is 1. The Bertz CT molecular complexity index is 502. The van der Waals surface area contributed by atoms with Crippen molar-refractivity contribution in [3.63, 3.8) is 0 Å². The molecule has 2 rings (SSSR count). The van der Waals surface area contributed by atoms with Crippen LogP contribution in [0.1, 0.15) is 43.0 Å². The lowest BCUT2D eigenvalue weighted by molar-refractivity contribution is 0.761. The molecule has 1 aliphatic carbocycles. The fraction of sp³-hybridized carbons (Fsp3) is 0.600. The predicted octanol–water partition coefficient (Wildman–Crippen LogP) is 3.42. The minimum atomic E-state index is 0.426. The van der Waals surface area contributed by atoms with E-state index in [0.29, 0.717) is 16.3 Å². The summed E-state index contributed by atoms with van der Waals surface area (Å²) in [6, 6.07) is 2.51. The number of aromatic nitrogens is 1. The third-order valence-corrected chi connectivity index (χ3v) is 5.28. The SMILES string of the molecule is CCSC1CCCC1Nc1nc(C)cc(C)c1C(N)=S. The molecule has 1 heterocycles. The van der Waals surface area contributed by atoms with Gasteiger partial charge in [0.1, 0.15) is 10.8 Å². The van der Waals surface area contributed by atoms with Crippen LogP contribution in [0.3, 0.4) is 0 Å². The van der Waals surface area contributed by atoms with Crippen molar-refractivity contribution in [2.75, 3.05) is 11.1 Å². The van der Waals surface area contributed by atoms with E-state index in [2.05, 4.69) is 17.2 Å². The molecule has 0 aromatic carbocycles. The molecule has 1 aromatic heterocycles. The second-order valence-corrected chi connectivity index (χ2v) is 7.30. The number of pyridine rings is 1. The number of nitrogens with zero attached hydrogens (tertiary/aromatic N) is 1. The molecule has 0 aliphatic heterocycles. The number of thioether (sulfide) groups is 1. The first-order valence-corrected chi connectivity index (χ1v) is 8.64. The third kappa shape index (κ3) is 3.44. The molecule has 1 saturated carbocycles. The van der Waals surface area contributed by atoms with Gasteiger partial charge in [-0.25, -0.2) is 4.98 Å². The van der Waals surface area contributed by atoms with Gasteiger partial charge in [-0.3, -0.25) is 0 Å². The molecule has 1 fully saturated rings. The lowest BCUT2D eigenvalue weighted by Crippen LogP contribution is -2.29. The number of hydrogen-bond acceptors (Lipinski definition) is 4. The normalized spacial score (nSPS) is 21.9. The molecule has 110 valence electrons. The average Bonchev–Trinajstić information content (AvgIpc) is 2.75. The molecule has 0 radical (unpaired) electrons. The summed E-state index contributed by atoms with van der Waals surface area (Å²) >= 11 is 7.23. The van der Waals surface area contributed by atoms with Crippen LogP contribution in [0.4, 0.5) is 5.82 Å². The molecule has 0 bridgehead atoms. The van der Waals surface area contributed by atoms with Gasteiger partial charge < -0.3 is 11.1 Å². The largest absolute Gasteiger partial charge is 0.389 e. The Morgan fingerprint density at radius 1 is 1.50 bits per heavy atom. The standard InChI is InChI=1S/C15H23N3S2/c1-4-20-12-7-5-6-11(12)18-15-13(14(16)19)9(2)8-10(3)17-15/h8,11-12H,4-7H2,1-3H3,(H2,16,19)(H,17,18). The van der Waals surface area contributed by atoms with Gasteiger partial charge in [-0.2, -0.15) is 11.8 Å². The molecule has 2 atom stereocenters. The van der Waals surface area contributed by atoms with Crippen LogP contribution in [0, 0.1) is 13.8 Å². The van der Waals surface area contributed by atoms with Crippen molar-refractivity contribution in [2.45, 2.75) is 51.3 Å². The Morgan fingerprint density at radius 3 is 2.90 bits per heavy atom. The number of anilines is 1. The summed E-state index contributed by atoms with van der Waals surface area (Å²) < 4.78 is 0. The highest BCUT2D eigenvalue weighted by atomic mass is 32.2. The summed E-state index contributed by atoms with van der Waals surface area (Å²) in [4.78, 5) is 5.05. The maximum absolute atomic E-state index is 5.88. The van der Waals surface area contributed by atoms with Crippen molar-refractivity contribution < 1.29 is 0 Å². The maximum Gasteiger partial charge on any atom is 0.137 e. The molecule has 3 N–H and O–H groups in total. The third-order valence-electron chi connectivity index (χ3n) is 3.75. The monoisotopic (exact) mass is 309 g/mol.